The van der Waals surface area contributed by atoms with E-state index in [1.54, 1.807) is 19.1 Å². The fourth-order valence-corrected chi connectivity index (χ4v) is 2.82. The summed E-state index contributed by atoms with van der Waals surface area (Å²) in [4.78, 5) is 12.3. The van der Waals surface area contributed by atoms with Gasteiger partial charge in [0.05, 0.1) is 18.8 Å². The first-order valence-corrected chi connectivity index (χ1v) is 8.40. The number of nitrogens with one attached hydrogen (secondary N) is 2. The van der Waals surface area contributed by atoms with Crippen LogP contribution in [0.25, 0.3) is 0 Å². The van der Waals surface area contributed by atoms with Crippen molar-refractivity contribution in [3.05, 3.63) is 59.0 Å². The quantitative estimate of drug-likeness (QED) is 0.746. The van der Waals surface area contributed by atoms with Crippen molar-refractivity contribution in [1.29, 1.82) is 0 Å². The van der Waals surface area contributed by atoms with Gasteiger partial charge in [-0.3, -0.25) is 0 Å². The van der Waals surface area contributed by atoms with E-state index in [0.29, 0.717) is 16.7 Å². The molecule has 1 aliphatic rings. The lowest BCUT2D eigenvalue weighted by atomic mass is 10.0. The third-order valence-electron chi connectivity index (χ3n) is 4.25. The number of hydrogen-bond acceptors (Lipinski definition) is 3. The van der Waals surface area contributed by atoms with Crippen LogP contribution >= 0.6 is 11.6 Å². The molecular weight excluding hydrogens is 328 g/mol. The fraction of sp³-hybridized carbons (Fsp3) is 0.389. The van der Waals surface area contributed by atoms with Gasteiger partial charge in [0.2, 0.25) is 0 Å². The first-order valence-electron chi connectivity index (χ1n) is 8.02. The van der Waals surface area contributed by atoms with Crippen molar-refractivity contribution in [2.24, 2.45) is 5.92 Å². The van der Waals surface area contributed by atoms with Crippen LogP contribution < -0.4 is 10.6 Å². The molecule has 6 heteroatoms. The molecule has 1 aromatic carbocycles. The Hall–Kier alpha value is -1.98. The van der Waals surface area contributed by atoms with Gasteiger partial charge in [-0.25, -0.2) is 4.79 Å². The van der Waals surface area contributed by atoms with Gasteiger partial charge in [-0.2, -0.15) is 0 Å². The third kappa shape index (κ3) is 4.10. The molecule has 1 aliphatic carbocycles. The Balaban J connectivity index is 1.59. The summed E-state index contributed by atoms with van der Waals surface area (Å²) in [6, 6.07) is 10.5. The number of hydrogen-bond donors (Lipinski definition) is 3. The monoisotopic (exact) mass is 348 g/mol. The van der Waals surface area contributed by atoms with E-state index in [1.165, 1.54) is 6.26 Å². The van der Waals surface area contributed by atoms with Crippen molar-refractivity contribution in [3.8, 4) is 0 Å². The second-order valence-corrected chi connectivity index (χ2v) is 6.88. The Morgan fingerprint density at radius 3 is 2.67 bits per heavy atom. The van der Waals surface area contributed by atoms with Gasteiger partial charge in [0, 0.05) is 5.02 Å². The molecule has 0 aliphatic heterocycles. The van der Waals surface area contributed by atoms with E-state index in [-0.39, 0.29) is 18.6 Å². The van der Waals surface area contributed by atoms with E-state index < -0.39 is 5.60 Å². The number of aliphatic hydroxyl groups is 1. The predicted molar refractivity (Wildman–Crippen MR) is 91.7 cm³/mol. The molecule has 2 aromatic rings. The van der Waals surface area contributed by atoms with E-state index in [4.69, 9.17) is 16.0 Å². The highest BCUT2D eigenvalue weighted by atomic mass is 35.5. The minimum atomic E-state index is -1.25. The van der Waals surface area contributed by atoms with Crippen LogP contribution in [0.15, 0.2) is 47.1 Å². The summed E-state index contributed by atoms with van der Waals surface area (Å²) in [5, 5.41) is 16.8. The van der Waals surface area contributed by atoms with Crippen molar-refractivity contribution in [3.63, 3.8) is 0 Å². The fourth-order valence-electron chi connectivity index (χ4n) is 2.69. The highest BCUT2D eigenvalue weighted by molar-refractivity contribution is 6.30. The minimum Gasteiger partial charge on any atom is -0.466 e. The molecule has 2 amide bonds. The van der Waals surface area contributed by atoms with E-state index in [2.05, 4.69) is 10.6 Å². The lowest BCUT2D eigenvalue weighted by molar-refractivity contribution is 0.0366. The molecule has 24 heavy (non-hydrogen) atoms. The summed E-state index contributed by atoms with van der Waals surface area (Å²) in [6.45, 7) is 1.66. The molecule has 2 unspecified atom stereocenters. The molecule has 3 N–H and O–H groups in total. The number of carbonyl (C=O) groups is 1. The van der Waals surface area contributed by atoms with Gasteiger partial charge in [-0.05, 0) is 55.5 Å². The normalized spacial score (nSPS) is 17.8. The summed E-state index contributed by atoms with van der Waals surface area (Å²) in [5.41, 5.74) is -0.217. The number of urea groups is 1. The molecule has 0 spiro atoms. The third-order valence-corrected chi connectivity index (χ3v) is 4.51. The molecule has 128 valence electrons. The first kappa shape index (κ1) is 16.9. The molecule has 3 rings (SSSR count). The average Bonchev–Trinajstić information content (AvgIpc) is 3.24. The first-order chi connectivity index (χ1) is 11.5. The highest BCUT2D eigenvalue weighted by Crippen LogP contribution is 2.41. The number of amides is 2. The minimum absolute atomic E-state index is 0.0455. The molecule has 5 nitrogen and oxygen atoms in total. The standard InChI is InChI=1S/C18H21ClN2O3/c1-18(23,15-3-2-10-24-15)11-20-17(22)21-16(12-4-5-12)13-6-8-14(19)9-7-13/h2-3,6-10,12,16,23H,4-5,11H2,1H3,(H2,20,21,22). The van der Waals surface area contributed by atoms with Crippen molar-refractivity contribution in [2.45, 2.75) is 31.4 Å². The largest absolute Gasteiger partial charge is 0.466 e. The molecule has 1 fully saturated rings. The van der Waals surface area contributed by atoms with Gasteiger partial charge in [0.15, 0.2) is 0 Å². The van der Waals surface area contributed by atoms with Gasteiger partial charge >= 0.3 is 6.03 Å². The molecule has 1 aromatic heterocycles. The van der Waals surface area contributed by atoms with Crippen LogP contribution in [-0.4, -0.2) is 17.7 Å². The van der Waals surface area contributed by atoms with Crippen LogP contribution in [0.1, 0.15) is 37.1 Å². The molecule has 1 saturated carbocycles. The summed E-state index contributed by atoms with van der Waals surface area (Å²) in [6.07, 6.45) is 3.68. The van der Waals surface area contributed by atoms with Crippen molar-refractivity contribution < 1.29 is 14.3 Å². The van der Waals surface area contributed by atoms with Gasteiger partial charge < -0.3 is 20.2 Å². The van der Waals surface area contributed by atoms with Crippen LogP contribution in [0.5, 0.6) is 0 Å². The molecule has 0 radical (unpaired) electrons. The zero-order chi connectivity index (χ0) is 17.2. The van der Waals surface area contributed by atoms with Crippen LogP contribution in [0.3, 0.4) is 0 Å². The van der Waals surface area contributed by atoms with E-state index in [1.807, 2.05) is 24.3 Å². The summed E-state index contributed by atoms with van der Waals surface area (Å²) in [5.74, 6) is 0.863. The second kappa shape index (κ2) is 6.87. The lowest BCUT2D eigenvalue weighted by Gasteiger charge is -2.23. The predicted octanol–water partition coefficient (Wildman–Crippen LogP) is 3.59. The van der Waals surface area contributed by atoms with E-state index in [9.17, 15) is 9.90 Å². The van der Waals surface area contributed by atoms with Crippen molar-refractivity contribution in [1.82, 2.24) is 10.6 Å². The maximum atomic E-state index is 12.3. The van der Waals surface area contributed by atoms with Crippen molar-refractivity contribution >= 4 is 17.6 Å². The molecular formula is C18H21ClN2O3. The maximum Gasteiger partial charge on any atom is 0.315 e. The number of rotatable bonds is 6. The van der Waals surface area contributed by atoms with E-state index >= 15 is 0 Å². The summed E-state index contributed by atoms with van der Waals surface area (Å²) in [7, 11) is 0. The average molecular weight is 349 g/mol. The van der Waals surface area contributed by atoms with Crippen LogP contribution in [0.4, 0.5) is 4.79 Å². The SMILES string of the molecule is CC(O)(CNC(=O)NC(c1ccc(Cl)cc1)C1CC1)c1ccco1. The zero-order valence-corrected chi connectivity index (χ0v) is 14.2. The van der Waals surface area contributed by atoms with Gasteiger partial charge in [-0.15, -0.1) is 0 Å². The number of benzene rings is 1. The Morgan fingerprint density at radius 1 is 1.38 bits per heavy atom. The Labute approximate surface area is 146 Å². The maximum absolute atomic E-state index is 12.3. The van der Waals surface area contributed by atoms with Crippen LogP contribution in [-0.2, 0) is 5.60 Å². The zero-order valence-electron chi connectivity index (χ0n) is 13.5. The Bertz CT molecular complexity index is 679. The van der Waals surface area contributed by atoms with Crippen LogP contribution in [0, 0.1) is 5.92 Å². The molecule has 0 saturated heterocycles. The molecule has 1 heterocycles. The number of halogens is 1. The van der Waals surface area contributed by atoms with Gasteiger partial charge in [0.25, 0.3) is 0 Å². The topological polar surface area (TPSA) is 74.5 Å². The molecule has 2 atom stereocenters. The Kier molecular flexibility index (Phi) is 4.83. The van der Waals surface area contributed by atoms with Crippen LogP contribution in [0.2, 0.25) is 5.02 Å². The van der Waals surface area contributed by atoms with E-state index in [0.717, 1.165) is 18.4 Å². The summed E-state index contributed by atoms with van der Waals surface area (Å²) < 4.78 is 5.21. The smallest absolute Gasteiger partial charge is 0.315 e. The number of furan rings is 1. The van der Waals surface area contributed by atoms with Gasteiger partial charge in [0.1, 0.15) is 11.4 Å². The number of carbonyl (C=O) groups excluding carboxylic acids is 1. The van der Waals surface area contributed by atoms with Crippen molar-refractivity contribution in [2.75, 3.05) is 6.54 Å². The molecule has 0 bridgehead atoms. The van der Waals surface area contributed by atoms with Gasteiger partial charge in [-0.1, -0.05) is 23.7 Å². The highest BCUT2D eigenvalue weighted by Gasteiger charge is 2.34. The lowest BCUT2D eigenvalue weighted by Crippen LogP contribution is -2.44. The second-order valence-electron chi connectivity index (χ2n) is 6.44. The summed E-state index contributed by atoms with van der Waals surface area (Å²) >= 11 is 5.93. The Morgan fingerprint density at radius 2 is 2.08 bits per heavy atom.